The average Bonchev–Trinajstić information content (AvgIpc) is 3.02. The third-order valence-electron chi connectivity index (χ3n) is 4.73. The molecule has 0 amide bonds. The van der Waals surface area contributed by atoms with Crippen LogP contribution in [0.2, 0.25) is 0 Å². The number of para-hydroxylation sites is 1. The molecule has 0 aliphatic carbocycles. The number of hydrogen-bond donors (Lipinski definition) is 0. The largest absolute Gasteiger partial charge is 0.493 e. The molecule has 1 aromatic heterocycles. The van der Waals surface area contributed by atoms with E-state index in [0.717, 1.165) is 21.1 Å². The molecule has 0 saturated heterocycles. The summed E-state index contributed by atoms with van der Waals surface area (Å²) in [5, 5.41) is 5.50. The predicted molar refractivity (Wildman–Crippen MR) is 124 cm³/mol. The number of benzene rings is 2. The van der Waals surface area contributed by atoms with Gasteiger partial charge in [0.15, 0.2) is 11.5 Å². The molecule has 4 rings (SSSR count). The van der Waals surface area contributed by atoms with E-state index in [9.17, 15) is 4.79 Å². The summed E-state index contributed by atoms with van der Waals surface area (Å²) in [5.41, 5.74) is 2.78. The van der Waals surface area contributed by atoms with Crippen molar-refractivity contribution in [2.24, 2.45) is 0 Å². The van der Waals surface area contributed by atoms with Crippen LogP contribution in [0.1, 0.15) is 11.3 Å². The van der Waals surface area contributed by atoms with E-state index in [1.54, 1.807) is 31.0 Å². The summed E-state index contributed by atoms with van der Waals surface area (Å²) in [4.78, 5) is 12.8. The normalized spacial score (nSPS) is 11.2. The van der Waals surface area contributed by atoms with E-state index in [1.807, 2.05) is 66.7 Å². The number of ether oxygens (including phenoxy) is 2. The molecular weight excluding hydrogens is 444 g/mol. The quantitative estimate of drug-likeness (QED) is 0.401. The second-order valence-electron chi connectivity index (χ2n) is 6.53. The Morgan fingerprint density at radius 3 is 2.40 bits per heavy atom. The van der Waals surface area contributed by atoms with Crippen LogP contribution < -0.4 is 14.9 Å². The Balaban J connectivity index is 1.90. The number of nitrogens with zero attached hydrogens (tertiary/aromatic N) is 2. The van der Waals surface area contributed by atoms with Crippen molar-refractivity contribution in [3.8, 4) is 17.2 Å². The van der Waals surface area contributed by atoms with Crippen LogP contribution in [0.3, 0.4) is 0 Å². The lowest BCUT2D eigenvalue weighted by atomic mass is 10.1. The van der Waals surface area contributed by atoms with E-state index >= 15 is 0 Å². The van der Waals surface area contributed by atoms with Crippen LogP contribution in [0.4, 0.5) is 0 Å². The van der Waals surface area contributed by atoms with Gasteiger partial charge in [0, 0.05) is 15.4 Å². The molecule has 0 unspecified atom stereocenters. The van der Waals surface area contributed by atoms with E-state index in [0.29, 0.717) is 22.7 Å². The Labute approximate surface area is 182 Å². The standard InChI is InChI=1S/C24H19BrN2O3/c1-29-22-9-5-6-16(24(22)30-2)10-15-20-19-7-3-4-8-21(28)23(19)27(26-20)18-13-11-17(25)12-14-18/h3-15H,1-2H3/b15-10+. The highest BCUT2D eigenvalue weighted by Gasteiger charge is 2.13. The lowest BCUT2D eigenvalue weighted by Crippen LogP contribution is -2.04. The maximum absolute atomic E-state index is 12.8. The van der Waals surface area contributed by atoms with Crippen LogP contribution in [-0.2, 0) is 0 Å². The second-order valence-corrected chi connectivity index (χ2v) is 7.45. The molecule has 0 aliphatic heterocycles. The first-order chi connectivity index (χ1) is 14.6. The van der Waals surface area contributed by atoms with Crippen molar-refractivity contribution in [1.29, 1.82) is 0 Å². The van der Waals surface area contributed by atoms with Gasteiger partial charge in [-0.2, -0.15) is 5.10 Å². The van der Waals surface area contributed by atoms with Crippen molar-refractivity contribution in [2.45, 2.75) is 0 Å². The summed E-state index contributed by atoms with van der Waals surface area (Å²) in [7, 11) is 3.21. The molecule has 0 bridgehead atoms. The molecule has 150 valence electrons. The maximum atomic E-state index is 12.8. The van der Waals surface area contributed by atoms with Crippen LogP contribution in [0.15, 0.2) is 76.0 Å². The van der Waals surface area contributed by atoms with Gasteiger partial charge in [-0.3, -0.25) is 4.79 Å². The molecule has 0 N–H and O–H groups in total. The van der Waals surface area contributed by atoms with Crippen LogP contribution in [0.25, 0.3) is 28.7 Å². The van der Waals surface area contributed by atoms with Crippen LogP contribution >= 0.6 is 15.9 Å². The summed E-state index contributed by atoms with van der Waals surface area (Å²) >= 11 is 3.45. The molecular formula is C24H19BrN2O3. The lowest BCUT2D eigenvalue weighted by Gasteiger charge is -2.09. The van der Waals surface area contributed by atoms with Gasteiger partial charge in [0.2, 0.25) is 5.43 Å². The SMILES string of the molecule is COc1cccc(/C=C/c2nn(-c3ccc(Br)cc3)c3c(=O)ccccc23)c1OC. The van der Waals surface area contributed by atoms with E-state index in [2.05, 4.69) is 15.9 Å². The van der Waals surface area contributed by atoms with Crippen molar-refractivity contribution in [2.75, 3.05) is 14.2 Å². The minimum atomic E-state index is -0.0935. The van der Waals surface area contributed by atoms with Gasteiger partial charge < -0.3 is 9.47 Å². The zero-order valence-corrected chi connectivity index (χ0v) is 18.1. The Hall–Kier alpha value is -3.38. The van der Waals surface area contributed by atoms with Crippen LogP contribution in [0, 0.1) is 0 Å². The van der Waals surface area contributed by atoms with Gasteiger partial charge in [0.25, 0.3) is 0 Å². The van der Waals surface area contributed by atoms with Crippen molar-refractivity contribution in [3.05, 3.63) is 92.7 Å². The fourth-order valence-electron chi connectivity index (χ4n) is 3.33. The van der Waals surface area contributed by atoms with Gasteiger partial charge in [0.05, 0.1) is 25.6 Å². The molecule has 30 heavy (non-hydrogen) atoms. The van der Waals surface area contributed by atoms with Gasteiger partial charge in [-0.1, -0.05) is 46.3 Å². The van der Waals surface area contributed by atoms with Crippen molar-refractivity contribution >= 4 is 39.0 Å². The van der Waals surface area contributed by atoms with E-state index in [-0.39, 0.29) is 5.43 Å². The lowest BCUT2D eigenvalue weighted by molar-refractivity contribution is 0.354. The van der Waals surface area contributed by atoms with Gasteiger partial charge in [-0.05, 0) is 48.6 Å². The Morgan fingerprint density at radius 2 is 1.67 bits per heavy atom. The summed E-state index contributed by atoms with van der Waals surface area (Å²) in [6.07, 6.45) is 3.79. The van der Waals surface area contributed by atoms with E-state index < -0.39 is 0 Å². The third-order valence-corrected chi connectivity index (χ3v) is 5.26. The summed E-state index contributed by atoms with van der Waals surface area (Å²) in [6, 6.07) is 20.4. The fraction of sp³-hybridized carbons (Fsp3) is 0.0833. The Bertz CT molecular complexity index is 1290. The predicted octanol–water partition coefficient (Wildman–Crippen LogP) is 5.34. The highest BCUT2D eigenvalue weighted by atomic mass is 79.9. The van der Waals surface area contributed by atoms with Gasteiger partial charge in [-0.25, -0.2) is 4.68 Å². The summed E-state index contributed by atoms with van der Waals surface area (Å²) in [6.45, 7) is 0. The summed E-state index contributed by atoms with van der Waals surface area (Å²) in [5.74, 6) is 1.29. The monoisotopic (exact) mass is 462 g/mol. The number of rotatable bonds is 5. The first-order valence-corrected chi connectivity index (χ1v) is 10.1. The first kappa shape index (κ1) is 19.9. The zero-order valence-electron chi connectivity index (χ0n) is 16.5. The topological polar surface area (TPSA) is 53.4 Å². The average molecular weight is 463 g/mol. The molecule has 1 heterocycles. The minimum Gasteiger partial charge on any atom is -0.493 e. The van der Waals surface area contributed by atoms with Gasteiger partial charge in [0.1, 0.15) is 5.52 Å². The van der Waals surface area contributed by atoms with Crippen molar-refractivity contribution in [3.63, 3.8) is 0 Å². The number of methoxy groups -OCH3 is 2. The zero-order chi connectivity index (χ0) is 21.1. The van der Waals surface area contributed by atoms with E-state index in [1.165, 1.54) is 0 Å². The molecule has 0 spiro atoms. The Kier molecular flexibility index (Phi) is 5.68. The third kappa shape index (κ3) is 3.74. The van der Waals surface area contributed by atoms with E-state index in [4.69, 9.17) is 14.6 Å². The Morgan fingerprint density at radius 1 is 0.900 bits per heavy atom. The molecule has 0 saturated carbocycles. The van der Waals surface area contributed by atoms with Crippen molar-refractivity contribution in [1.82, 2.24) is 9.78 Å². The molecule has 6 heteroatoms. The molecule has 3 aromatic carbocycles. The van der Waals surface area contributed by atoms with Crippen LogP contribution in [-0.4, -0.2) is 24.0 Å². The highest BCUT2D eigenvalue weighted by Crippen LogP contribution is 2.32. The van der Waals surface area contributed by atoms with Gasteiger partial charge >= 0.3 is 0 Å². The maximum Gasteiger partial charge on any atom is 0.204 e. The minimum absolute atomic E-state index is 0.0935. The number of aromatic nitrogens is 2. The second kappa shape index (κ2) is 8.55. The number of fused-ring (bicyclic) bond motifs is 1. The molecule has 4 aromatic rings. The smallest absolute Gasteiger partial charge is 0.204 e. The molecule has 0 atom stereocenters. The first-order valence-electron chi connectivity index (χ1n) is 9.29. The molecule has 0 radical (unpaired) electrons. The van der Waals surface area contributed by atoms with Crippen molar-refractivity contribution < 1.29 is 9.47 Å². The fourth-order valence-corrected chi connectivity index (χ4v) is 3.59. The highest BCUT2D eigenvalue weighted by molar-refractivity contribution is 9.10. The van der Waals surface area contributed by atoms with Crippen LogP contribution in [0.5, 0.6) is 11.5 Å². The summed E-state index contributed by atoms with van der Waals surface area (Å²) < 4.78 is 13.5. The molecule has 0 aliphatic rings. The molecule has 0 fully saturated rings. The number of halogens is 1. The molecule has 5 nitrogen and oxygen atoms in total. The number of hydrogen-bond acceptors (Lipinski definition) is 4. The van der Waals surface area contributed by atoms with Gasteiger partial charge in [-0.15, -0.1) is 0 Å².